The van der Waals surface area contributed by atoms with Crippen LogP contribution in [0.25, 0.3) is 16.9 Å². The average Bonchev–Trinajstić information content (AvgIpc) is 3.23. The summed E-state index contributed by atoms with van der Waals surface area (Å²) in [6, 6.07) is 18.3. The summed E-state index contributed by atoms with van der Waals surface area (Å²) >= 11 is 0. The number of rotatable bonds is 10. The molecule has 0 aliphatic rings. The van der Waals surface area contributed by atoms with E-state index in [1.807, 2.05) is 43.3 Å². The maximum atomic E-state index is 13.6. The topological polar surface area (TPSA) is 141 Å². The number of hydrogen-bond acceptors (Lipinski definition) is 8. The van der Waals surface area contributed by atoms with E-state index in [0.717, 1.165) is 0 Å². The van der Waals surface area contributed by atoms with Crippen molar-refractivity contribution in [3.8, 4) is 23.3 Å². The lowest BCUT2D eigenvalue weighted by Crippen LogP contribution is -2.34. The molecule has 2 N–H and O–H groups in total. The number of ether oxygens (including phenoxy) is 2. The van der Waals surface area contributed by atoms with Gasteiger partial charge in [0.2, 0.25) is 0 Å². The zero-order valence-corrected chi connectivity index (χ0v) is 22.9. The van der Waals surface area contributed by atoms with Crippen molar-refractivity contribution >= 4 is 22.9 Å². The Balaban J connectivity index is 1.61. The van der Waals surface area contributed by atoms with E-state index in [0.29, 0.717) is 35.0 Å². The summed E-state index contributed by atoms with van der Waals surface area (Å²) in [6.07, 6.45) is 2.79. The van der Waals surface area contributed by atoms with E-state index >= 15 is 0 Å². The van der Waals surface area contributed by atoms with Gasteiger partial charge in [0.15, 0.2) is 11.5 Å². The van der Waals surface area contributed by atoms with Gasteiger partial charge in [-0.25, -0.2) is 14.8 Å². The minimum Gasteiger partial charge on any atom is -0.457 e. The molecule has 0 aliphatic carbocycles. The van der Waals surface area contributed by atoms with E-state index in [1.54, 1.807) is 45.2 Å². The Morgan fingerprint density at radius 3 is 2.45 bits per heavy atom. The van der Waals surface area contributed by atoms with Crippen LogP contribution in [0.4, 0.5) is 5.82 Å². The second-order valence-corrected chi connectivity index (χ2v) is 9.54. The highest BCUT2D eigenvalue weighted by molar-refractivity contribution is 5.97. The van der Waals surface area contributed by atoms with E-state index in [-0.39, 0.29) is 24.5 Å². The smallest absolute Gasteiger partial charge is 0.335 e. The van der Waals surface area contributed by atoms with Crippen molar-refractivity contribution in [2.24, 2.45) is 0 Å². The molecule has 2 heterocycles. The quantitative estimate of drug-likeness (QED) is 0.237. The molecule has 40 heavy (non-hydrogen) atoms. The van der Waals surface area contributed by atoms with Gasteiger partial charge in [-0.3, -0.25) is 13.9 Å². The number of nitrogens with zero attached hydrogens (tertiary/aromatic N) is 6. The number of imidazole rings is 1. The van der Waals surface area contributed by atoms with Crippen LogP contribution in [0.1, 0.15) is 20.8 Å². The molecule has 0 unspecified atom stereocenters. The molecule has 0 saturated heterocycles. The number of fused-ring (bicyclic) bond motifs is 1. The first-order valence-corrected chi connectivity index (χ1v) is 12.7. The molecular weight excluding hydrogens is 510 g/mol. The van der Waals surface area contributed by atoms with Crippen LogP contribution in [0, 0.1) is 11.3 Å². The molecule has 4 rings (SSSR count). The Kier molecular flexibility index (Phi) is 8.31. The fourth-order valence-corrected chi connectivity index (χ4v) is 4.29. The van der Waals surface area contributed by atoms with Gasteiger partial charge >= 0.3 is 5.69 Å². The SMILES string of the molecule is CCOC(C)(C)C=C(C#N)C(=O)N(C)CCn1c(=O)n(-c2ccc(Oc3ccccc3)cc2)c2c(N)ncnc21. The van der Waals surface area contributed by atoms with Crippen LogP contribution < -0.4 is 16.2 Å². The lowest BCUT2D eigenvalue weighted by atomic mass is 10.0. The number of nitriles is 1. The van der Waals surface area contributed by atoms with E-state index in [1.165, 1.54) is 26.4 Å². The summed E-state index contributed by atoms with van der Waals surface area (Å²) in [5.74, 6) is 0.958. The van der Waals surface area contributed by atoms with Crippen molar-refractivity contribution in [3.05, 3.63) is 83.1 Å². The second-order valence-electron chi connectivity index (χ2n) is 9.54. The Bertz CT molecular complexity index is 1630. The van der Waals surface area contributed by atoms with Crippen LogP contribution in [-0.2, 0) is 16.1 Å². The summed E-state index contributed by atoms with van der Waals surface area (Å²) in [7, 11) is 1.57. The predicted molar refractivity (Wildman–Crippen MR) is 151 cm³/mol. The maximum Gasteiger partial charge on any atom is 0.335 e. The lowest BCUT2D eigenvalue weighted by molar-refractivity contribution is -0.125. The first-order valence-electron chi connectivity index (χ1n) is 12.7. The summed E-state index contributed by atoms with van der Waals surface area (Å²) in [5.41, 5.74) is 6.20. The molecule has 0 aliphatic heterocycles. The van der Waals surface area contributed by atoms with E-state index in [2.05, 4.69) is 9.97 Å². The zero-order valence-electron chi connectivity index (χ0n) is 22.9. The third-order valence-corrected chi connectivity index (χ3v) is 6.17. The average molecular weight is 542 g/mol. The van der Waals surface area contributed by atoms with Crippen molar-refractivity contribution in [1.29, 1.82) is 5.26 Å². The summed E-state index contributed by atoms with van der Waals surface area (Å²) in [4.78, 5) is 36.4. The molecule has 2 aromatic carbocycles. The molecule has 11 heteroatoms. The zero-order chi connectivity index (χ0) is 28.9. The minimum atomic E-state index is -0.781. The number of likely N-dealkylation sites (N-methyl/N-ethyl adjacent to an activating group) is 1. The van der Waals surface area contributed by atoms with E-state index in [9.17, 15) is 14.9 Å². The van der Waals surface area contributed by atoms with Gasteiger partial charge in [0.25, 0.3) is 5.91 Å². The molecule has 11 nitrogen and oxygen atoms in total. The second kappa shape index (κ2) is 11.8. The van der Waals surface area contributed by atoms with Gasteiger partial charge in [-0.15, -0.1) is 0 Å². The monoisotopic (exact) mass is 541 g/mol. The number of para-hydroxylation sites is 1. The number of anilines is 1. The van der Waals surface area contributed by atoms with Crippen molar-refractivity contribution in [2.75, 3.05) is 25.9 Å². The molecule has 4 aromatic rings. The largest absolute Gasteiger partial charge is 0.457 e. The van der Waals surface area contributed by atoms with Crippen LogP contribution in [0.15, 0.2) is 77.4 Å². The molecule has 0 atom stereocenters. The third-order valence-electron chi connectivity index (χ3n) is 6.17. The number of carbonyl (C=O) groups excluding carboxylic acids is 1. The Labute approximate surface area is 231 Å². The molecule has 1 amide bonds. The van der Waals surface area contributed by atoms with Gasteiger partial charge in [0, 0.05) is 26.7 Å². The van der Waals surface area contributed by atoms with Gasteiger partial charge in [0.1, 0.15) is 35.0 Å². The Morgan fingerprint density at radius 1 is 1.12 bits per heavy atom. The molecule has 0 spiro atoms. The lowest BCUT2D eigenvalue weighted by Gasteiger charge is -2.22. The number of hydrogen-bond donors (Lipinski definition) is 1. The summed E-state index contributed by atoms with van der Waals surface area (Å²) < 4.78 is 14.3. The molecule has 0 saturated carbocycles. The highest BCUT2D eigenvalue weighted by Crippen LogP contribution is 2.25. The Hall–Kier alpha value is -4.95. The van der Waals surface area contributed by atoms with Gasteiger partial charge in [-0.1, -0.05) is 18.2 Å². The van der Waals surface area contributed by atoms with Crippen LogP contribution in [-0.4, -0.2) is 55.7 Å². The number of aromatic nitrogens is 4. The minimum absolute atomic E-state index is 0.0416. The molecule has 2 aromatic heterocycles. The highest BCUT2D eigenvalue weighted by atomic mass is 16.5. The number of nitrogens with two attached hydrogens (primary N) is 1. The first-order chi connectivity index (χ1) is 19.1. The number of nitrogen functional groups attached to an aromatic ring is 1. The molecule has 0 bridgehead atoms. The summed E-state index contributed by atoms with van der Waals surface area (Å²) in [5, 5.41) is 9.59. The molecular formula is C29H31N7O4. The van der Waals surface area contributed by atoms with Crippen LogP contribution >= 0.6 is 0 Å². The van der Waals surface area contributed by atoms with Crippen molar-refractivity contribution in [1.82, 2.24) is 24.0 Å². The molecule has 0 fully saturated rings. The Morgan fingerprint density at radius 2 is 1.80 bits per heavy atom. The molecule has 206 valence electrons. The van der Waals surface area contributed by atoms with E-state index in [4.69, 9.17) is 15.2 Å². The van der Waals surface area contributed by atoms with Crippen molar-refractivity contribution in [2.45, 2.75) is 32.9 Å². The van der Waals surface area contributed by atoms with Crippen LogP contribution in [0.5, 0.6) is 11.5 Å². The first kappa shape index (κ1) is 28.1. The van der Waals surface area contributed by atoms with E-state index < -0.39 is 17.2 Å². The predicted octanol–water partition coefficient (Wildman–Crippen LogP) is 3.68. The number of carbonyl (C=O) groups is 1. The van der Waals surface area contributed by atoms with Gasteiger partial charge in [-0.05, 0) is 63.2 Å². The fourth-order valence-electron chi connectivity index (χ4n) is 4.29. The maximum absolute atomic E-state index is 13.6. The number of benzene rings is 2. The number of amides is 1. The van der Waals surface area contributed by atoms with Crippen LogP contribution in [0.3, 0.4) is 0 Å². The standard InChI is InChI=1S/C29H31N7O4/c1-5-39-29(2,3)17-20(18-30)27(37)34(4)15-16-35-26-24(25(31)32-19-33-26)36(28(35)38)21-11-13-23(14-12-21)40-22-9-7-6-8-10-22/h6-14,17,19H,5,15-16H2,1-4H3,(H2,31,32,33). The van der Waals surface area contributed by atoms with Gasteiger partial charge < -0.3 is 20.1 Å². The van der Waals surface area contributed by atoms with Crippen LogP contribution in [0.2, 0.25) is 0 Å². The van der Waals surface area contributed by atoms with Gasteiger partial charge in [-0.2, -0.15) is 5.26 Å². The summed E-state index contributed by atoms with van der Waals surface area (Å²) in [6.45, 7) is 6.09. The highest BCUT2D eigenvalue weighted by Gasteiger charge is 2.23. The van der Waals surface area contributed by atoms with Crippen molar-refractivity contribution in [3.63, 3.8) is 0 Å². The normalized spacial score (nSPS) is 11.8. The fraction of sp³-hybridized carbons (Fsp3) is 0.276. The third kappa shape index (κ3) is 6.03. The van der Waals surface area contributed by atoms with Gasteiger partial charge in [0.05, 0.1) is 11.3 Å². The molecule has 0 radical (unpaired) electrons. The van der Waals surface area contributed by atoms with Crippen molar-refractivity contribution < 1.29 is 14.3 Å².